The van der Waals surface area contributed by atoms with E-state index in [1.165, 1.54) is 0 Å². The molecule has 1 atom stereocenters. The Labute approximate surface area is 190 Å². The van der Waals surface area contributed by atoms with E-state index in [0.717, 1.165) is 27.6 Å². The summed E-state index contributed by atoms with van der Waals surface area (Å²) in [5, 5.41) is 10.8. The molecule has 0 aliphatic heterocycles. The van der Waals surface area contributed by atoms with Gasteiger partial charge in [-0.1, -0.05) is 42.5 Å². The number of hydrogen-bond donors (Lipinski definition) is 1. The van der Waals surface area contributed by atoms with E-state index in [9.17, 15) is 14.7 Å². The Morgan fingerprint density at radius 1 is 1.03 bits per heavy atom. The smallest absolute Gasteiger partial charge is 0.330 e. The number of aliphatic carboxylic acids is 1. The summed E-state index contributed by atoms with van der Waals surface area (Å²) in [7, 11) is 2.00. The summed E-state index contributed by atoms with van der Waals surface area (Å²) in [6, 6.07) is 16.6. The van der Waals surface area contributed by atoms with Gasteiger partial charge in [0.25, 0.3) is 0 Å². The fourth-order valence-electron chi connectivity index (χ4n) is 4.80. The van der Waals surface area contributed by atoms with E-state index >= 15 is 0 Å². The number of nitrogens with zero attached hydrogens (tertiary/aromatic N) is 4. The Morgan fingerprint density at radius 2 is 1.82 bits per heavy atom. The SMILES string of the molecule is Cc1cccc2c1c(Cn1c(=O)n([C@H](CC(=O)O)c3ccccc3)c3ccncc31)cn2C. The fraction of sp³-hybridized carbons (Fsp3) is 0.192. The molecule has 5 aromatic rings. The lowest BCUT2D eigenvalue weighted by Crippen LogP contribution is -2.29. The first kappa shape index (κ1) is 20.8. The Balaban J connectivity index is 1.73. The van der Waals surface area contributed by atoms with E-state index < -0.39 is 12.0 Å². The lowest BCUT2D eigenvalue weighted by Gasteiger charge is -2.17. The quantitative estimate of drug-likeness (QED) is 0.431. The molecule has 3 heterocycles. The summed E-state index contributed by atoms with van der Waals surface area (Å²) in [5.41, 5.74) is 5.16. The number of hydrogen-bond acceptors (Lipinski definition) is 3. The van der Waals surface area contributed by atoms with Crippen LogP contribution < -0.4 is 5.69 Å². The van der Waals surface area contributed by atoms with Gasteiger partial charge < -0.3 is 9.67 Å². The normalized spacial score (nSPS) is 12.4. The molecule has 0 aliphatic rings. The number of pyridine rings is 1. The van der Waals surface area contributed by atoms with Crippen molar-refractivity contribution in [3.05, 3.63) is 100 Å². The highest BCUT2D eigenvalue weighted by molar-refractivity contribution is 5.87. The van der Waals surface area contributed by atoms with Crippen LogP contribution in [0.5, 0.6) is 0 Å². The molecular weight excluding hydrogens is 416 g/mol. The number of rotatable bonds is 6. The highest BCUT2D eigenvalue weighted by Gasteiger charge is 2.25. The van der Waals surface area contributed by atoms with Crippen LogP contribution in [0.25, 0.3) is 21.9 Å². The number of aromatic nitrogens is 4. The first-order valence-electron chi connectivity index (χ1n) is 10.8. The van der Waals surface area contributed by atoms with Gasteiger partial charge in [-0.2, -0.15) is 0 Å². The zero-order valence-corrected chi connectivity index (χ0v) is 18.5. The Hall–Kier alpha value is -4.13. The topological polar surface area (TPSA) is 82.1 Å². The van der Waals surface area contributed by atoms with Crippen molar-refractivity contribution in [2.75, 3.05) is 0 Å². The molecule has 2 aromatic carbocycles. The van der Waals surface area contributed by atoms with Gasteiger partial charge in [-0.3, -0.25) is 18.9 Å². The number of fused-ring (bicyclic) bond motifs is 2. The van der Waals surface area contributed by atoms with Crippen LogP contribution in [0.4, 0.5) is 0 Å². The maximum absolute atomic E-state index is 13.8. The molecule has 0 radical (unpaired) electrons. The molecular formula is C26H24N4O3. The minimum Gasteiger partial charge on any atom is -0.481 e. The van der Waals surface area contributed by atoms with Crippen molar-refractivity contribution in [3.63, 3.8) is 0 Å². The first-order chi connectivity index (χ1) is 16.0. The third-order valence-corrected chi connectivity index (χ3v) is 6.26. The second-order valence-electron chi connectivity index (χ2n) is 8.36. The van der Waals surface area contributed by atoms with Crippen LogP contribution in [0.15, 0.2) is 78.0 Å². The average Bonchev–Trinajstić information content (AvgIpc) is 3.28. The molecule has 3 aromatic heterocycles. The van der Waals surface area contributed by atoms with E-state index in [0.29, 0.717) is 17.6 Å². The van der Waals surface area contributed by atoms with Crippen molar-refractivity contribution < 1.29 is 9.90 Å². The van der Waals surface area contributed by atoms with Crippen molar-refractivity contribution in [1.29, 1.82) is 0 Å². The van der Waals surface area contributed by atoms with Crippen LogP contribution >= 0.6 is 0 Å². The predicted molar refractivity (Wildman–Crippen MR) is 128 cm³/mol. The predicted octanol–water partition coefficient (Wildman–Crippen LogP) is 4.11. The number of aryl methyl sites for hydroxylation is 2. The lowest BCUT2D eigenvalue weighted by molar-refractivity contribution is -0.137. The summed E-state index contributed by atoms with van der Waals surface area (Å²) in [6.45, 7) is 2.43. The van der Waals surface area contributed by atoms with E-state index in [4.69, 9.17) is 0 Å². The van der Waals surface area contributed by atoms with Crippen molar-refractivity contribution in [3.8, 4) is 0 Å². The second-order valence-corrected chi connectivity index (χ2v) is 8.36. The molecule has 0 amide bonds. The Morgan fingerprint density at radius 3 is 2.58 bits per heavy atom. The van der Waals surface area contributed by atoms with Crippen LogP contribution in [-0.2, 0) is 18.4 Å². The molecule has 0 fully saturated rings. The van der Waals surface area contributed by atoms with E-state index in [1.54, 1.807) is 27.6 Å². The molecule has 0 bridgehead atoms. The monoisotopic (exact) mass is 440 g/mol. The largest absolute Gasteiger partial charge is 0.481 e. The van der Waals surface area contributed by atoms with Gasteiger partial charge in [0.05, 0.1) is 36.2 Å². The van der Waals surface area contributed by atoms with Gasteiger partial charge in [0.1, 0.15) is 0 Å². The molecule has 1 N–H and O–H groups in total. The van der Waals surface area contributed by atoms with Gasteiger partial charge in [-0.15, -0.1) is 0 Å². The zero-order valence-electron chi connectivity index (χ0n) is 18.5. The fourth-order valence-corrected chi connectivity index (χ4v) is 4.80. The number of benzene rings is 2. The summed E-state index contributed by atoms with van der Waals surface area (Å²) in [4.78, 5) is 29.8. The maximum atomic E-state index is 13.8. The van der Waals surface area contributed by atoms with Crippen LogP contribution in [0.2, 0.25) is 0 Å². The molecule has 5 rings (SSSR count). The van der Waals surface area contributed by atoms with E-state index in [-0.39, 0.29) is 12.1 Å². The molecule has 7 heteroatoms. The Bertz CT molecular complexity index is 1540. The molecule has 0 saturated heterocycles. The van der Waals surface area contributed by atoms with Crippen LogP contribution in [0, 0.1) is 6.92 Å². The van der Waals surface area contributed by atoms with E-state index in [1.807, 2.05) is 43.4 Å². The van der Waals surface area contributed by atoms with Crippen molar-refractivity contribution in [2.24, 2.45) is 7.05 Å². The van der Waals surface area contributed by atoms with Gasteiger partial charge in [-0.25, -0.2) is 4.79 Å². The Kier molecular flexibility index (Phi) is 5.09. The van der Waals surface area contributed by atoms with Gasteiger partial charge in [0.15, 0.2) is 0 Å². The second kappa shape index (κ2) is 8.09. The maximum Gasteiger partial charge on any atom is 0.330 e. The summed E-state index contributed by atoms with van der Waals surface area (Å²) in [6.07, 6.45) is 5.16. The van der Waals surface area contributed by atoms with Crippen molar-refractivity contribution in [1.82, 2.24) is 18.7 Å². The molecule has 33 heavy (non-hydrogen) atoms. The minimum atomic E-state index is -0.963. The summed E-state index contributed by atoms with van der Waals surface area (Å²) >= 11 is 0. The molecule has 166 valence electrons. The minimum absolute atomic E-state index is 0.196. The zero-order chi connectivity index (χ0) is 23.1. The molecule has 0 unspecified atom stereocenters. The highest BCUT2D eigenvalue weighted by Crippen LogP contribution is 2.28. The van der Waals surface area contributed by atoms with Gasteiger partial charge in [0, 0.05) is 30.3 Å². The van der Waals surface area contributed by atoms with Crippen molar-refractivity contribution >= 4 is 27.9 Å². The van der Waals surface area contributed by atoms with Crippen LogP contribution in [0.3, 0.4) is 0 Å². The average molecular weight is 441 g/mol. The van der Waals surface area contributed by atoms with Gasteiger partial charge in [0.2, 0.25) is 0 Å². The molecule has 7 nitrogen and oxygen atoms in total. The number of carboxylic acid groups (broad SMARTS) is 1. The summed E-state index contributed by atoms with van der Waals surface area (Å²) in [5.74, 6) is -0.963. The number of carbonyl (C=O) groups is 1. The number of carboxylic acids is 1. The molecule has 0 spiro atoms. The third-order valence-electron chi connectivity index (χ3n) is 6.26. The number of imidazole rings is 1. The van der Waals surface area contributed by atoms with Gasteiger partial charge in [-0.05, 0) is 35.7 Å². The highest BCUT2D eigenvalue weighted by atomic mass is 16.4. The molecule has 0 saturated carbocycles. The standard InChI is InChI=1S/C26H24N4O3/c1-17-7-6-10-21-25(17)19(15-28(21)2)16-29-23-14-27-12-11-20(23)30(26(29)33)22(13-24(31)32)18-8-4-3-5-9-18/h3-12,14-15,22H,13,16H2,1-2H3,(H,31,32)/t22-/m1/s1. The van der Waals surface area contributed by atoms with Crippen LogP contribution in [-0.4, -0.2) is 29.8 Å². The van der Waals surface area contributed by atoms with Crippen molar-refractivity contribution in [2.45, 2.75) is 25.9 Å². The van der Waals surface area contributed by atoms with Gasteiger partial charge >= 0.3 is 11.7 Å². The lowest BCUT2D eigenvalue weighted by atomic mass is 10.0. The first-order valence-corrected chi connectivity index (χ1v) is 10.8. The van der Waals surface area contributed by atoms with E-state index in [2.05, 4.69) is 34.8 Å². The summed E-state index contributed by atoms with van der Waals surface area (Å²) < 4.78 is 5.36. The molecule has 0 aliphatic carbocycles. The third kappa shape index (κ3) is 3.51. The van der Waals surface area contributed by atoms with Crippen LogP contribution in [0.1, 0.15) is 29.2 Å².